The number of carbonyl (C=O) groups is 2. The zero-order valence-corrected chi connectivity index (χ0v) is 10.3. The van der Waals surface area contributed by atoms with E-state index >= 15 is 0 Å². The molecular formula is C11H20N2O4. The van der Waals surface area contributed by atoms with Crippen LogP contribution in [0.1, 0.15) is 19.8 Å². The zero-order chi connectivity index (χ0) is 12.8. The van der Waals surface area contributed by atoms with Crippen molar-refractivity contribution in [3.63, 3.8) is 0 Å². The molecule has 2 atom stereocenters. The fourth-order valence-electron chi connectivity index (χ4n) is 1.74. The Morgan fingerprint density at radius 1 is 1.59 bits per heavy atom. The predicted molar refractivity (Wildman–Crippen MR) is 61.2 cm³/mol. The standard InChI is InChI=1S/C11H20N2O4/c1-8(12)5-10(14)13-3-4-17-9(7-13)6-11(15)16-2/h8-9H,3-7,12H2,1-2H3. The van der Waals surface area contributed by atoms with E-state index in [9.17, 15) is 9.59 Å². The minimum absolute atomic E-state index is 0.0122. The molecular weight excluding hydrogens is 224 g/mol. The lowest BCUT2D eigenvalue weighted by Crippen LogP contribution is -2.47. The maximum absolute atomic E-state index is 11.8. The van der Waals surface area contributed by atoms with Crippen LogP contribution in [0.4, 0.5) is 0 Å². The van der Waals surface area contributed by atoms with Crippen LogP contribution in [0.2, 0.25) is 0 Å². The van der Waals surface area contributed by atoms with Crippen LogP contribution in [0.5, 0.6) is 0 Å². The summed E-state index contributed by atoms with van der Waals surface area (Å²) in [5.41, 5.74) is 5.58. The lowest BCUT2D eigenvalue weighted by atomic mass is 10.1. The Bertz CT molecular complexity index is 281. The first-order valence-electron chi connectivity index (χ1n) is 5.74. The maximum Gasteiger partial charge on any atom is 0.308 e. The quantitative estimate of drug-likeness (QED) is 0.675. The highest BCUT2D eigenvalue weighted by Crippen LogP contribution is 2.11. The summed E-state index contributed by atoms with van der Waals surface area (Å²) in [4.78, 5) is 24.6. The van der Waals surface area contributed by atoms with Gasteiger partial charge >= 0.3 is 5.97 Å². The Kier molecular flexibility index (Phi) is 5.37. The monoisotopic (exact) mass is 244 g/mol. The third-order valence-electron chi connectivity index (χ3n) is 2.61. The molecule has 17 heavy (non-hydrogen) atoms. The molecule has 0 aromatic carbocycles. The average molecular weight is 244 g/mol. The number of esters is 1. The fraction of sp³-hybridized carbons (Fsp3) is 0.818. The van der Waals surface area contributed by atoms with E-state index in [2.05, 4.69) is 4.74 Å². The summed E-state index contributed by atoms with van der Waals surface area (Å²) in [6, 6.07) is -0.149. The molecule has 1 aliphatic rings. The van der Waals surface area contributed by atoms with Gasteiger partial charge in [0.2, 0.25) is 5.91 Å². The molecule has 1 saturated heterocycles. The van der Waals surface area contributed by atoms with Crippen molar-refractivity contribution >= 4 is 11.9 Å². The average Bonchev–Trinajstić information content (AvgIpc) is 2.28. The van der Waals surface area contributed by atoms with Gasteiger partial charge in [-0.15, -0.1) is 0 Å². The Balaban J connectivity index is 2.43. The Morgan fingerprint density at radius 3 is 2.88 bits per heavy atom. The fourth-order valence-corrected chi connectivity index (χ4v) is 1.74. The Hall–Kier alpha value is -1.14. The van der Waals surface area contributed by atoms with Crippen LogP contribution < -0.4 is 5.73 Å². The van der Waals surface area contributed by atoms with E-state index in [1.54, 1.807) is 11.8 Å². The number of methoxy groups -OCH3 is 1. The summed E-state index contributed by atoms with van der Waals surface area (Å²) in [5, 5.41) is 0. The number of hydrogen-bond donors (Lipinski definition) is 1. The van der Waals surface area contributed by atoms with Crippen LogP contribution in [0.25, 0.3) is 0 Å². The number of ether oxygens (including phenoxy) is 2. The van der Waals surface area contributed by atoms with Crippen LogP contribution in [-0.4, -0.2) is 55.7 Å². The molecule has 1 heterocycles. The van der Waals surface area contributed by atoms with Crippen molar-refractivity contribution in [2.24, 2.45) is 5.73 Å². The second kappa shape index (κ2) is 6.56. The van der Waals surface area contributed by atoms with Crippen molar-refractivity contribution in [2.45, 2.75) is 31.9 Å². The first-order chi connectivity index (χ1) is 8.02. The molecule has 1 rings (SSSR count). The molecule has 0 saturated carbocycles. The van der Waals surface area contributed by atoms with Gasteiger partial charge in [0.15, 0.2) is 0 Å². The number of carbonyl (C=O) groups excluding carboxylic acids is 2. The predicted octanol–water partition coefficient (Wildman–Crippen LogP) is -0.486. The summed E-state index contributed by atoms with van der Waals surface area (Å²) < 4.78 is 9.98. The number of morpholine rings is 1. The normalized spacial score (nSPS) is 22.1. The summed E-state index contributed by atoms with van der Waals surface area (Å²) in [6.07, 6.45) is 0.233. The van der Waals surface area contributed by atoms with Crippen LogP contribution in [0, 0.1) is 0 Å². The number of nitrogens with zero attached hydrogens (tertiary/aromatic N) is 1. The van der Waals surface area contributed by atoms with Gasteiger partial charge in [0.1, 0.15) is 0 Å². The van der Waals surface area contributed by atoms with Gasteiger partial charge in [0.05, 0.1) is 26.2 Å². The molecule has 1 fully saturated rings. The van der Waals surface area contributed by atoms with E-state index in [1.165, 1.54) is 7.11 Å². The van der Waals surface area contributed by atoms with Gasteiger partial charge in [-0.1, -0.05) is 0 Å². The van der Waals surface area contributed by atoms with Gasteiger partial charge in [-0.3, -0.25) is 9.59 Å². The third-order valence-corrected chi connectivity index (χ3v) is 2.61. The van der Waals surface area contributed by atoms with Gasteiger partial charge < -0.3 is 20.1 Å². The topological polar surface area (TPSA) is 81.9 Å². The van der Waals surface area contributed by atoms with Gasteiger partial charge in [-0.2, -0.15) is 0 Å². The van der Waals surface area contributed by atoms with Gasteiger partial charge in [-0.25, -0.2) is 0 Å². The van der Waals surface area contributed by atoms with Crippen LogP contribution >= 0.6 is 0 Å². The van der Waals surface area contributed by atoms with Crippen LogP contribution in [-0.2, 0) is 19.1 Å². The second-order valence-electron chi connectivity index (χ2n) is 4.29. The minimum atomic E-state index is -0.323. The Labute approximate surface area is 101 Å². The summed E-state index contributed by atoms with van der Waals surface area (Å²) >= 11 is 0. The highest BCUT2D eigenvalue weighted by atomic mass is 16.5. The van der Waals surface area contributed by atoms with Crippen molar-refractivity contribution in [3.8, 4) is 0 Å². The van der Waals surface area contributed by atoms with Gasteiger partial charge in [0, 0.05) is 25.6 Å². The number of rotatable bonds is 4. The Morgan fingerprint density at radius 2 is 2.29 bits per heavy atom. The number of amides is 1. The molecule has 0 aliphatic carbocycles. The summed E-state index contributed by atoms with van der Waals surface area (Å²) in [7, 11) is 1.34. The molecule has 0 spiro atoms. The molecule has 6 nitrogen and oxygen atoms in total. The van der Waals surface area contributed by atoms with Crippen molar-refractivity contribution in [3.05, 3.63) is 0 Å². The lowest BCUT2D eigenvalue weighted by Gasteiger charge is -2.32. The van der Waals surface area contributed by atoms with E-state index in [0.717, 1.165) is 0 Å². The molecule has 2 N–H and O–H groups in total. The number of hydrogen-bond acceptors (Lipinski definition) is 5. The number of nitrogens with two attached hydrogens (primary N) is 1. The zero-order valence-electron chi connectivity index (χ0n) is 10.3. The minimum Gasteiger partial charge on any atom is -0.469 e. The largest absolute Gasteiger partial charge is 0.469 e. The highest BCUT2D eigenvalue weighted by Gasteiger charge is 2.26. The van der Waals surface area contributed by atoms with Crippen molar-refractivity contribution in [1.82, 2.24) is 4.90 Å². The van der Waals surface area contributed by atoms with Crippen LogP contribution in [0.3, 0.4) is 0 Å². The molecule has 0 aromatic rings. The molecule has 98 valence electrons. The second-order valence-corrected chi connectivity index (χ2v) is 4.29. The molecule has 1 amide bonds. The van der Waals surface area contributed by atoms with Crippen molar-refractivity contribution in [1.29, 1.82) is 0 Å². The molecule has 2 unspecified atom stereocenters. The first-order valence-corrected chi connectivity index (χ1v) is 5.74. The smallest absolute Gasteiger partial charge is 0.308 e. The summed E-state index contributed by atoms with van der Waals surface area (Å²) in [5.74, 6) is -0.311. The maximum atomic E-state index is 11.8. The van der Waals surface area contributed by atoms with Gasteiger partial charge in [0.25, 0.3) is 0 Å². The molecule has 0 bridgehead atoms. The van der Waals surface area contributed by atoms with Crippen LogP contribution in [0.15, 0.2) is 0 Å². The van der Waals surface area contributed by atoms with E-state index < -0.39 is 0 Å². The third kappa shape index (κ3) is 4.70. The van der Waals surface area contributed by atoms with Crippen molar-refractivity contribution < 1.29 is 19.1 Å². The molecule has 6 heteroatoms. The molecule has 0 radical (unpaired) electrons. The van der Waals surface area contributed by atoms with E-state index in [0.29, 0.717) is 26.1 Å². The van der Waals surface area contributed by atoms with Gasteiger partial charge in [-0.05, 0) is 6.92 Å². The molecule has 1 aliphatic heterocycles. The van der Waals surface area contributed by atoms with Crippen molar-refractivity contribution in [2.75, 3.05) is 26.8 Å². The van der Waals surface area contributed by atoms with E-state index in [-0.39, 0.29) is 30.4 Å². The van der Waals surface area contributed by atoms with E-state index in [1.807, 2.05) is 0 Å². The lowest BCUT2D eigenvalue weighted by molar-refractivity contribution is -0.150. The highest BCUT2D eigenvalue weighted by molar-refractivity contribution is 5.77. The van der Waals surface area contributed by atoms with E-state index in [4.69, 9.17) is 10.5 Å². The molecule has 0 aromatic heterocycles. The SMILES string of the molecule is COC(=O)CC1CN(C(=O)CC(C)N)CCO1. The first kappa shape index (κ1) is 13.9. The summed E-state index contributed by atoms with van der Waals surface area (Å²) in [6.45, 7) is 3.24.